The number of pyridine rings is 1. The van der Waals surface area contributed by atoms with E-state index in [-0.39, 0.29) is 18.8 Å². The molecule has 2 aromatic carbocycles. The van der Waals surface area contributed by atoms with Crippen LogP contribution in [0.4, 0.5) is 0 Å². The lowest BCUT2D eigenvalue weighted by Crippen LogP contribution is -2.27. The average molecular weight is 426 g/mol. The van der Waals surface area contributed by atoms with E-state index in [9.17, 15) is 9.59 Å². The molecule has 160 valence electrons. The molecule has 3 aromatic heterocycles. The third-order valence-corrected chi connectivity index (χ3v) is 5.61. The second-order valence-corrected chi connectivity index (χ2v) is 7.59. The van der Waals surface area contributed by atoms with E-state index in [0.717, 1.165) is 33.4 Å². The second kappa shape index (κ2) is 7.85. The van der Waals surface area contributed by atoms with Gasteiger partial charge in [-0.3, -0.25) is 13.9 Å². The molecule has 0 amide bonds. The number of hydrogen-bond acceptors (Lipinski definition) is 4. The third-order valence-electron chi connectivity index (χ3n) is 5.61. The number of rotatable bonds is 5. The highest BCUT2D eigenvalue weighted by Crippen LogP contribution is 2.27. The summed E-state index contributed by atoms with van der Waals surface area (Å²) >= 11 is 0. The first-order chi connectivity index (χ1) is 15.6. The lowest BCUT2D eigenvalue weighted by molar-refractivity contribution is -0.143. The molecule has 0 unspecified atom stereocenters. The van der Waals surface area contributed by atoms with E-state index in [4.69, 9.17) is 4.74 Å². The largest absolute Gasteiger partial charge is 0.465 e. The van der Waals surface area contributed by atoms with Gasteiger partial charge < -0.3 is 4.74 Å². The van der Waals surface area contributed by atoms with Crippen LogP contribution in [0, 0.1) is 6.92 Å². The Bertz CT molecular complexity index is 1510. The monoisotopic (exact) mass is 426 g/mol. The van der Waals surface area contributed by atoms with Crippen molar-refractivity contribution < 1.29 is 9.53 Å². The van der Waals surface area contributed by atoms with Gasteiger partial charge in [0.15, 0.2) is 0 Å². The number of imidazole rings is 1. The van der Waals surface area contributed by atoms with Crippen molar-refractivity contribution in [3.05, 3.63) is 89.1 Å². The van der Waals surface area contributed by atoms with Crippen molar-refractivity contribution in [1.29, 1.82) is 0 Å². The normalized spacial score (nSPS) is 11.3. The fourth-order valence-corrected chi connectivity index (χ4v) is 4.15. The van der Waals surface area contributed by atoms with Crippen molar-refractivity contribution in [2.75, 3.05) is 6.61 Å². The molecule has 3 heterocycles. The molecule has 0 aliphatic carbocycles. The quantitative estimate of drug-likeness (QED) is 0.399. The summed E-state index contributed by atoms with van der Waals surface area (Å²) in [4.78, 5) is 25.5. The third kappa shape index (κ3) is 3.19. The van der Waals surface area contributed by atoms with Gasteiger partial charge >= 0.3 is 11.7 Å². The summed E-state index contributed by atoms with van der Waals surface area (Å²) in [5.41, 5.74) is 5.94. The fourth-order valence-electron chi connectivity index (χ4n) is 4.15. The smallest absolute Gasteiger partial charge is 0.334 e. The van der Waals surface area contributed by atoms with Gasteiger partial charge in [-0.05, 0) is 55.3 Å². The van der Waals surface area contributed by atoms with Gasteiger partial charge in [0.05, 0.1) is 35.0 Å². The molecule has 0 spiro atoms. The molecule has 0 bridgehead atoms. The number of benzene rings is 2. The van der Waals surface area contributed by atoms with Gasteiger partial charge in [0.2, 0.25) is 0 Å². The highest BCUT2D eigenvalue weighted by atomic mass is 16.5. The number of para-hydroxylation sites is 1. The Balaban J connectivity index is 1.63. The Labute approximate surface area is 184 Å². The average Bonchev–Trinajstić information content (AvgIpc) is 3.35. The fraction of sp³-hybridized carbons (Fsp3) is 0.160. The molecule has 7 nitrogen and oxygen atoms in total. The van der Waals surface area contributed by atoms with E-state index in [1.807, 2.05) is 84.5 Å². The van der Waals surface area contributed by atoms with E-state index in [0.29, 0.717) is 5.52 Å². The van der Waals surface area contributed by atoms with Crippen LogP contribution in [0.15, 0.2) is 77.9 Å². The number of aryl methyl sites for hydroxylation is 1. The van der Waals surface area contributed by atoms with Gasteiger partial charge in [0.25, 0.3) is 0 Å². The number of ether oxygens (including phenoxy) is 1. The van der Waals surface area contributed by atoms with Crippen LogP contribution in [0.25, 0.3) is 33.4 Å². The van der Waals surface area contributed by atoms with E-state index >= 15 is 0 Å². The van der Waals surface area contributed by atoms with Crippen molar-refractivity contribution >= 4 is 22.5 Å². The van der Waals surface area contributed by atoms with Crippen LogP contribution in [-0.2, 0) is 16.1 Å². The molecule has 5 aromatic rings. The maximum atomic E-state index is 13.4. The summed E-state index contributed by atoms with van der Waals surface area (Å²) in [5, 5.41) is 4.40. The summed E-state index contributed by atoms with van der Waals surface area (Å²) in [6.45, 7) is 3.86. The first-order valence-electron chi connectivity index (χ1n) is 10.5. The Morgan fingerprint density at radius 2 is 1.78 bits per heavy atom. The number of nitrogens with zero attached hydrogens (tertiary/aromatic N) is 4. The van der Waals surface area contributed by atoms with Gasteiger partial charge in [0, 0.05) is 11.8 Å². The minimum Gasteiger partial charge on any atom is -0.465 e. The molecular weight excluding hydrogens is 404 g/mol. The molecule has 0 aliphatic heterocycles. The van der Waals surface area contributed by atoms with Gasteiger partial charge in [-0.2, -0.15) is 5.10 Å². The van der Waals surface area contributed by atoms with E-state index < -0.39 is 5.97 Å². The van der Waals surface area contributed by atoms with Crippen molar-refractivity contribution in [3.63, 3.8) is 0 Å². The minimum atomic E-state index is -0.432. The summed E-state index contributed by atoms with van der Waals surface area (Å²) in [5.74, 6) is -0.432. The van der Waals surface area contributed by atoms with Crippen molar-refractivity contribution in [2.24, 2.45) is 0 Å². The van der Waals surface area contributed by atoms with Crippen LogP contribution >= 0.6 is 0 Å². The van der Waals surface area contributed by atoms with E-state index in [1.165, 1.54) is 4.57 Å². The molecule has 0 radical (unpaired) electrons. The van der Waals surface area contributed by atoms with Gasteiger partial charge in [-0.15, -0.1) is 0 Å². The van der Waals surface area contributed by atoms with E-state index in [1.54, 1.807) is 11.5 Å². The van der Waals surface area contributed by atoms with Gasteiger partial charge in [-0.25, -0.2) is 9.31 Å². The Morgan fingerprint density at radius 1 is 1.00 bits per heavy atom. The number of hydrogen-bond donors (Lipinski definition) is 0. The van der Waals surface area contributed by atoms with Crippen LogP contribution in [0.2, 0.25) is 0 Å². The molecule has 0 N–H and O–H groups in total. The molecule has 5 rings (SSSR count). The number of aromatic nitrogens is 4. The zero-order valence-corrected chi connectivity index (χ0v) is 17.9. The van der Waals surface area contributed by atoms with Crippen LogP contribution in [0.3, 0.4) is 0 Å². The molecule has 7 heteroatoms. The zero-order valence-electron chi connectivity index (χ0n) is 17.9. The van der Waals surface area contributed by atoms with Crippen molar-refractivity contribution in [2.45, 2.75) is 20.4 Å². The zero-order chi connectivity index (χ0) is 22.2. The van der Waals surface area contributed by atoms with Crippen LogP contribution < -0.4 is 5.69 Å². The lowest BCUT2D eigenvalue weighted by atomic mass is 10.1. The molecule has 0 atom stereocenters. The molecule has 0 saturated heterocycles. The number of carbonyl (C=O) groups excluding carboxylic acids is 1. The topological polar surface area (TPSA) is 70.5 Å². The SMILES string of the molecule is CCOC(=O)Cn1c(=O)n(-c2ccc(-c3cnn4ccccc34)cc2)c2c(C)cccc21. The van der Waals surface area contributed by atoms with Crippen molar-refractivity contribution in [3.8, 4) is 16.8 Å². The second-order valence-electron chi connectivity index (χ2n) is 7.59. The molecule has 0 fully saturated rings. The summed E-state index contributed by atoms with van der Waals surface area (Å²) < 4.78 is 10.0. The van der Waals surface area contributed by atoms with Crippen LogP contribution in [0.1, 0.15) is 12.5 Å². The maximum Gasteiger partial charge on any atom is 0.334 e. The Morgan fingerprint density at radius 3 is 2.56 bits per heavy atom. The first-order valence-corrected chi connectivity index (χ1v) is 10.5. The molecular formula is C25H22N4O3. The first kappa shape index (κ1) is 19.8. The number of carbonyl (C=O) groups is 1. The Kier molecular flexibility index (Phi) is 4.86. The standard InChI is InChI=1S/C25H22N4O3/c1-3-32-23(30)16-27-22-9-6-7-17(2)24(22)29(25(27)31)19-12-10-18(11-13-19)20-15-26-28-14-5-4-8-21(20)28/h4-15H,3,16H2,1-2H3. The molecule has 32 heavy (non-hydrogen) atoms. The summed E-state index contributed by atoms with van der Waals surface area (Å²) in [7, 11) is 0. The highest BCUT2D eigenvalue weighted by Gasteiger charge is 2.19. The highest BCUT2D eigenvalue weighted by molar-refractivity contribution is 5.84. The predicted octanol–water partition coefficient (Wildman–Crippen LogP) is 3.98. The van der Waals surface area contributed by atoms with Crippen LogP contribution in [0.5, 0.6) is 0 Å². The predicted molar refractivity (Wildman–Crippen MR) is 123 cm³/mol. The van der Waals surface area contributed by atoms with E-state index in [2.05, 4.69) is 5.10 Å². The van der Waals surface area contributed by atoms with Crippen molar-refractivity contribution in [1.82, 2.24) is 18.7 Å². The number of fused-ring (bicyclic) bond motifs is 2. The minimum absolute atomic E-state index is 0.125. The summed E-state index contributed by atoms with van der Waals surface area (Å²) in [6, 6.07) is 19.5. The maximum absolute atomic E-state index is 13.4. The van der Waals surface area contributed by atoms with Gasteiger partial charge in [0.1, 0.15) is 6.54 Å². The van der Waals surface area contributed by atoms with Crippen LogP contribution in [-0.4, -0.2) is 31.3 Å². The van der Waals surface area contributed by atoms with Gasteiger partial charge in [-0.1, -0.05) is 30.3 Å². The Hall–Kier alpha value is -4.13. The number of esters is 1. The summed E-state index contributed by atoms with van der Waals surface area (Å²) in [6.07, 6.45) is 3.75. The molecule has 0 saturated carbocycles. The lowest BCUT2D eigenvalue weighted by Gasteiger charge is -2.07. The molecule has 0 aliphatic rings.